The molecular weight excluding hydrogens is 686 g/mol. The Bertz CT molecular complexity index is 1950. The van der Waals surface area contributed by atoms with Gasteiger partial charge in [-0.25, -0.2) is 14.8 Å². The van der Waals surface area contributed by atoms with Gasteiger partial charge in [0.1, 0.15) is 25.1 Å². The van der Waals surface area contributed by atoms with Crippen LogP contribution < -0.4 is 44.4 Å². The Hall–Kier alpha value is -6.45. The standard InChI is InChI=1S/C38H41N5O10/c1-25(37(47)48)26-12-11-13-27(20-26)40-38(49)39-22-34(44)42(23-35(45)41(2)28-14-7-6-8-15-28)30-16-9-10-17-32(30)53-24-36(46)43(3,50)31-21-29(51-4)18-19-33(31)52-5/h6-21,25,50H,22-24H2,1-5H3,(H2-,39,40,47,48,49). The van der Waals surface area contributed by atoms with Crippen molar-refractivity contribution in [1.82, 2.24) is 9.96 Å². The summed E-state index contributed by atoms with van der Waals surface area (Å²) in [6.07, 6.45) is 0. The Morgan fingerprint density at radius 3 is 2.23 bits per heavy atom. The summed E-state index contributed by atoms with van der Waals surface area (Å²) in [5, 5.41) is 27.6. The van der Waals surface area contributed by atoms with Gasteiger partial charge in [-0.05, 0) is 54.1 Å². The van der Waals surface area contributed by atoms with Crippen molar-refractivity contribution < 1.29 is 48.5 Å². The summed E-state index contributed by atoms with van der Waals surface area (Å²) in [7, 11) is 5.62. The van der Waals surface area contributed by atoms with Crippen molar-refractivity contribution >= 4 is 52.5 Å². The van der Waals surface area contributed by atoms with Gasteiger partial charge in [0.2, 0.25) is 24.1 Å². The van der Waals surface area contributed by atoms with Crippen molar-refractivity contribution in [1.29, 1.82) is 0 Å². The van der Waals surface area contributed by atoms with E-state index in [4.69, 9.17) is 14.2 Å². The molecule has 4 aromatic carbocycles. The summed E-state index contributed by atoms with van der Waals surface area (Å²) in [6.45, 7) is -0.271. The van der Waals surface area contributed by atoms with Crippen LogP contribution in [-0.4, -0.2) is 82.9 Å². The molecule has 0 aliphatic carbocycles. The van der Waals surface area contributed by atoms with Crippen LogP contribution in [0.15, 0.2) is 97.1 Å². The number of rotatable bonds is 15. The third kappa shape index (κ3) is 9.87. The molecule has 4 aromatic rings. The molecule has 4 rings (SSSR count). The Morgan fingerprint density at radius 1 is 0.849 bits per heavy atom. The summed E-state index contributed by atoms with van der Waals surface area (Å²) in [5.74, 6) is -3.57. The van der Waals surface area contributed by atoms with Crippen molar-refractivity contribution in [2.75, 3.05) is 63.1 Å². The zero-order valence-corrected chi connectivity index (χ0v) is 29.9. The van der Waals surface area contributed by atoms with Gasteiger partial charge in [-0.1, -0.05) is 54.0 Å². The minimum atomic E-state index is -1.28. The second-order valence-electron chi connectivity index (χ2n) is 11.9. The van der Waals surface area contributed by atoms with Crippen molar-refractivity contribution in [3.8, 4) is 17.2 Å². The van der Waals surface area contributed by atoms with Crippen LogP contribution in [-0.2, 0) is 19.2 Å². The minimum absolute atomic E-state index is 0.0327. The summed E-state index contributed by atoms with van der Waals surface area (Å²) < 4.78 is 15.2. The minimum Gasteiger partial charge on any atom is -0.550 e. The lowest BCUT2D eigenvalue weighted by atomic mass is 10.0. The molecule has 2 atom stereocenters. The summed E-state index contributed by atoms with van der Waals surface area (Å²) in [5.41, 5.74) is 1.45. The summed E-state index contributed by atoms with van der Waals surface area (Å²) in [6, 6.07) is 25.0. The van der Waals surface area contributed by atoms with E-state index in [2.05, 4.69) is 10.6 Å². The molecule has 15 heteroatoms. The van der Waals surface area contributed by atoms with Crippen molar-refractivity contribution in [3.05, 3.63) is 103 Å². The molecule has 0 heterocycles. The van der Waals surface area contributed by atoms with E-state index in [1.54, 1.807) is 79.8 Å². The maximum absolute atomic E-state index is 13.8. The van der Waals surface area contributed by atoms with Crippen molar-refractivity contribution in [3.63, 3.8) is 0 Å². The molecule has 0 saturated carbocycles. The number of hydrogen-bond acceptors (Lipinski definition) is 10. The van der Waals surface area contributed by atoms with Gasteiger partial charge in [-0.2, -0.15) is 0 Å². The van der Waals surface area contributed by atoms with E-state index >= 15 is 0 Å². The number of hydrogen-bond donors (Lipinski definition) is 3. The first kappa shape index (κ1) is 39.3. The predicted molar refractivity (Wildman–Crippen MR) is 195 cm³/mol. The quantitative estimate of drug-likeness (QED) is 0.0932. The summed E-state index contributed by atoms with van der Waals surface area (Å²) in [4.78, 5) is 67.5. The Balaban J connectivity index is 1.56. The molecule has 0 saturated heterocycles. The average molecular weight is 728 g/mol. The number of carbonyl (C=O) groups excluding carboxylic acids is 5. The van der Waals surface area contributed by atoms with Gasteiger partial charge < -0.3 is 39.6 Å². The summed E-state index contributed by atoms with van der Waals surface area (Å²) >= 11 is 0. The highest BCUT2D eigenvalue weighted by Crippen LogP contribution is 2.35. The molecule has 278 valence electrons. The number of nitrogens with zero attached hydrogens (tertiary/aromatic N) is 3. The molecule has 15 nitrogen and oxygen atoms in total. The normalized spacial score (nSPS) is 12.3. The number of hydroxylamine groups is 2. The van der Waals surface area contributed by atoms with Gasteiger partial charge in [0.05, 0.1) is 26.5 Å². The highest BCUT2D eigenvalue weighted by atomic mass is 16.6. The second kappa shape index (κ2) is 17.7. The fourth-order valence-corrected chi connectivity index (χ4v) is 5.13. The predicted octanol–water partition coefficient (Wildman–Crippen LogP) is 3.31. The van der Waals surface area contributed by atoms with Crippen LogP contribution in [0.2, 0.25) is 0 Å². The highest BCUT2D eigenvalue weighted by Gasteiger charge is 2.38. The number of ether oxygens (including phenoxy) is 3. The van der Waals surface area contributed by atoms with Crippen LogP contribution in [0.25, 0.3) is 0 Å². The number of aliphatic carboxylic acids is 1. The van der Waals surface area contributed by atoms with E-state index in [1.807, 2.05) is 0 Å². The van der Waals surface area contributed by atoms with Crippen LogP contribution in [0.3, 0.4) is 0 Å². The number of para-hydroxylation sites is 3. The number of amides is 5. The molecular formula is C38H41N5O10. The number of urea groups is 1. The van der Waals surface area contributed by atoms with Crippen LogP contribution in [0.5, 0.6) is 17.2 Å². The Kier molecular flexibility index (Phi) is 13.1. The smallest absolute Gasteiger partial charge is 0.388 e. The molecule has 0 fully saturated rings. The van der Waals surface area contributed by atoms with Crippen molar-refractivity contribution in [2.45, 2.75) is 12.8 Å². The molecule has 0 aliphatic rings. The first-order valence-electron chi connectivity index (χ1n) is 16.3. The second-order valence-corrected chi connectivity index (χ2v) is 11.9. The van der Waals surface area contributed by atoms with E-state index in [9.17, 15) is 34.3 Å². The molecule has 0 bridgehead atoms. The monoisotopic (exact) mass is 727 g/mol. The number of anilines is 3. The van der Waals surface area contributed by atoms with Crippen LogP contribution in [0.4, 0.5) is 27.5 Å². The first-order valence-corrected chi connectivity index (χ1v) is 16.3. The number of benzene rings is 4. The molecule has 0 aromatic heterocycles. The van der Waals surface area contributed by atoms with Gasteiger partial charge in [0.25, 0.3) is 0 Å². The number of carboxylic acid groups (broad SMARTS) is 1. The van der Waals surface area contributed by atoms with Crippen LogP contribution in [0.1, 0.15) is 18.4 Å². The topological polar surface area (TPSA) is 187 Å². The van der Waals surface area contributed by atoms with Crippen LogP contribution in [0, 0.1) is 0 Å². The van der Waals surface area contributed by atoms with Gasteiger partial charge in [0.15, 0.2) is 5.75 Å². The number of carbonyl (C=O) groups is 5. The fourth-order valence-electron chi connectivity index (χ4n) is 5.13. The van der Waals surface area contributed by atoms with Gasteiger partial charge >= 0.3 is 11.9 Å². The number of nitrogens with one attached hydrogen (secondary N) is 2. The van der Waals surface area contributed by atoms with E-state index < -0.39 is 60.0 Å². The van der Waals surface area contributed by atoms with Crippen molar-refractivity contribution in [2.24, 2.45) is 0 Å². The number of likely N-dealkylation sites (N-methyl/N-ethyl adjacent to an activating group) is 2. The lowest BCUT2D eigenvalue weighted by Crippen LogP contribution is -2.50. The number of methoxy groups -OCH3 is 2. The largest absolute Gasteiger partial charge is 0.550 e. The van der Waals surface area contributed by atoms with Gasteiger partial charge in [0, 0.05) is 36.4 Å². The third-order valence-electron chi connectivity index (χ3n) is 8.36. The molecule has 2 unspecified atom stereocenters. The lowest BCUT2D eigenvalue weighted by Gasteiger charge is -2.28. The van der Waals surface area contributed by atoms with Crippen LogP contribution >= 0.6 is 0 Å². The zero-order valence-electron chi connectivity index (χ0n) is 29.9. The molecule has 3 N–H and O–H groups in total. The molecule has 0 aliphatic heterocycles. The SMILES string of the molecule is COc1ccc(OC)c([N+](C)(O)C(=O)COc2ccccc2N(CC(=O)N(C)c2ccccc2)C(=O)CNC(=O)Nc2cccc(C(C)C(=O)[O-])c2)c1. The van der Waals surface area contributed by atoms with E-state index in [0.29, 0.717) is 17.0 Å². The average Bonchev–Trinajstić information content (AvgIpc) is 3.17. The Morgan fingerprint density at radius 2 is 1.55 bits per heavy atom. The molecule has 0 radical (unpaired) electrons. The maximum atomic E-state index is 13.8. The van der Waals surface area contributed by atoms with Gasteiger partial charge in [-0.15, -0.1) is 0 Å². The Labute approximate surface area is 306 Å². The molecule has 0 spiro atoms. The fraction of sp³-hybridized carbons (Fsp3) is 0.237. The molecule has 53 heavy (non-hydrogen) atoms. The maximum Gasteiger partial charge on any atom is 0.388 e. The zero-order chi connectivity index (χ0) is 38.7. The number of quaternary nitrogens is 1. The first-order chi connectivity index (χ1) is 25.3. The lowest BCUT2D eigenvalue weighted by molar-refractivity contribution is -0.307. The third-order valence-corrected chi connectivity index (χ3v) is 8.36. The van der Waals surface area contributed by atoms with E-state index in [-0.39, 0.29) is 28.6 Å². The van der Waals surface area contributed by atoms with E-state index in [1.165, 1.54) is 57.4 Å². The van der Waals surface area contributed by atoms with E-state index in [0.717, 1.165) is 4.90 Å². The molecule has 5 amide bonds. The number of carboxylic acids is 1. The van der Waals surface area contributed by atoms with Gasteiger partial charge in [-0.3, -0.25) is 14.5 Å². The highest BCUT2D eigenvalue weighted by molar-refractivity contribution is 6.06.